The molecule has 4 atom stereocenters. The third-order valence-electron chi connectivity index (χ3n) is 6.33. The molecule has 2 aliphatic carbocycles. The molecule has 0 amide bonds. The Labute approximate surface area is 132 Å². The van der Waals surface area contributed by atoms with Gasteiger partial charge in [0.25, 0.3) is 0 Å². The van der Waals surface area contributed by atoms with Gasteiger partial charge in [0.05, 0.1) is 0 Å². The van der Waals surface area contributed by atoms with E-state index in [1.165, 1.54) is 43.1 Å². The van der Waals surface area contributed by atoms with Crippen molar-refractivity contribution >= 4 is 10.9 Å². The van der Waals surface area contributed by atoms with Crippen LogP contribution in [0, 0.1) is 17.8 Å². The monoisotopic (exact) mass is 289 g/mol. The average molecular weight is 289 g/mol. The molecule has 1 aromatic heterocycles. The van der Waals surface area contributed by atoms with Crippen molar-refractivity contribution in [1.82, 2.24) is 4.57 Å². The van der Waals surface area contributed by atoms with Crippen LogP contribution in [0.25, 0.3) is 10.9 Å². The summed E-state index contributed by atoms with van der Waals surface area (Å²) in [6, 6.07) is 9.06. The van der Waals surface area contributed by atoms with E-state index in [0.29, 0.717) is 5.92 Å². The number of rotatable bonds is 1. The van der Waals surface area contributed by atoms with Gasteiger partial charge in [-0.25, -0.2) is 0 Å². The highest BCUT2D eigenvalue weighted by Crippen LogP contribution is 2.57. The first-order valence-corrected chi connectivity index (χ1v) is 8.77. The van der Waals surface area contributed by atoms with E-state index in [0.717, 1.165) is 17.8 Å². The Morgan fingerprint density at radius 3 is 3.05 bits per heavy atom. The Morgan fingerprint density at radius 2 is 2.14 bits per heavy atom. The SMILES string of the molecule is C=C[C@H]1C[C@H]2/C=C\CCCn3c4c(c5ccccc53)C[C@H]1[C@@H]42. The van der Waals surface area contributed by atoms with Crippen LogP contribution in [0.4, 0.5) is 0 Å². The Balaban J connectivity index is 1.78. The first-order chi connectivity index (χ1) is 10.9. The number of fused-ring (bicyclic) bond motifs is 3. The molecular formula is C21H23N. The molecule has 2 aromatic rings. The molecule has 0 radical (unpaired) electrons. The van der Waals surface area contributed by atoms with Gasteiger partial charge in [-0.05, 0) is 55.1 Å². The fraction of sp³-hybridized carbons (Fsp3) is 0.429. The second-order valence-electron chi connectivity index (χ2n) is 7.30. The van der Waals surface area contributed by atoms with Gasteiger partial charge in [0.15, 0.2) is 0 Å². The van der Waals surface area contributed by atoms with Crippen LogP contribution in [0.5, 0.6) is 0 Å². The molecule has 1 saturated carbocycles. The quantitative estimate of drug-likeness (QED) is 0.646. The van der Waals surface area contributed by atoms with Gasteiger partial charge in [0.2, 0.25) is 0 Å². The molecule has 1 fully saturated rings. The predicted molar refractivity (Wildman–Crippen MR) is 92.0 cm³/mol. The van der Waals surface area contributed by atoms with E-state index in [-0.39, 0.29) is 0 Å². The molecule has 0 spiro atoms. The highest BCUT2D eigenvalue weighted by molar-refractivity contribution is 5.86. The molecular weight excluding hydrogens is 266 g/mol. The minimum atomic E-state index is 0.693. The van der Waals surface area contributed by atoms with Crippen LogP contribution in [0.3, 0.4) is 0 Å². The van der Waals surface area contributed by atoms with Gasteiger partial charge in [-0.15, -0.1) is 6.58 Å². The second kappa shape index (κ2) is 4.62. The van der Waals surface area contributed by atoms with Gasteiger partial charge in [-0.2, -0.15) is 0 Å². The molecule has 0 saturated heterocycles. The predicted octanol–water partition coefficient (Wildman–Crippen LogP) is 5.07. The lowest BCUT2D eigenvalue weighted by molar-refractivity contribution is 0.429. The molecule has 112 valence electrons. The summed E-state index contributed by atoms with van der Waals surface area (Å²) in [5.74, 6) is 2.92. The number of aryl methyl sites for hydroxylation is 1. The van der Waals surface area contributed by atoms with E-state index in [9.17, 15) is 0 Å². The molecule has 1 aliphatic heterocycles. The molecule has 1 heteroatoms. The van der Waals surface area contributed by atoms with Crippen LogP contribution >= 0.6 is 0 Å². The summed E-state index contributed by atoms with van der Waals surface area (Å²) in [5.41, 5.74) is 4.79. The summed E-state index contributed by atoms with van der Waals surface area (Å²) in [6.07, 6.45) is 12.2. The second-order valence-corrected chi connectivity index (χ2v) is 7.30. The Bertz CT molecular complexity index is 779. The highest BCUT2D eigenvalue weighted by atomic mass is 15.0. The number of para-hydroxylation sites is 1. The first-order valence-electron chi connectivity index (χ1n) is 8.77. The summed E-state index contributed by atoms with van der Waals surface area (Å²) >= 11 is 0. The van der Waals surface area contributed by atoms with Gasteiger partial charge in [-0.3, -0.25) is 0 Å². The number of benzene rings is 1. The maximum absolute atomic E-state index is 4.13. The van der Waals surface area contributed by atoms with Crippen LogP contribution in [0.15, 0.2) is 49.1 Å². The summed E-state index contributed by atoms with van der Waals surface area (Å²) in [6.45, 7) is 5.31. The molecule has 5 rings (SSSR count). The first kappa shape index (κ1) is 12.8. The number of hydrogen-bond donors (Lipinski definition) is 0. The summed E-state index contributed by atoms with van der Waals surface area (Å²) in [5, 5.41) is 1.51. The highest BCUT2D eigenvalue weighted by Gasteiger charge is 2.48. The third kappa shape index (κ3) is 1.54. The van der Waals surface area contributed by atoms with E-state index in [1.807, 2.05) is 0 Å². The minimum Gasteiger partial charge on any atom is -0.344 e. The van der Waals surface area contributed by atoms with Crippen molar-refractivity contribution in [2.24, 2.45) is 17.8 Å². The normalized spacial score (nSPS) is 34.0. The standard InChI is InChI=1S/C21H23N/c1-2-14-12-15-8-4-3-7-11-22-19-10-6-5-9-16(19)18-13-17(14)20(15)21(18)22/h2,4-6,8-10,14-15,17,20H,1,3,7,11-13H2/b8-4-/t14-,15+,17+,20-/m0/s1. The van der Waals surface area contributed by atoms with Gasteiger partial charge < -0.3 is 4.57 Å². The van der Waals surface area contributed by atoms with Gasteiger partial charge >= 0.3 is 0 Å². The fourth-order valence-electron chi connectivity index (χ4n) is 5.48. The van der Waals surface area contributed by atoms with E-state index in [4.69, 9.17) is 0 Å². The van der Waals surface area contributed by atoms with Crippen molar-refractivity contribution in [1.29, 1.82) is 0 Å². The van der Waals surface area contributed by atoms with E-state index >= 15 is 0 Å². The van der Waals surface area contributed by atoms with Crippen molar-refractivity contribution in [2.45, 2.75) is 38.1 Å². The van der Waals surface area contributed by atoms with Crippen LogP contribution < -0.4 is 0 Å². The van der Waals surface area contributed by atoms with E-state index < -0.39 is 0 Å². The maximum Gasteiger partial charge on any atom is 0.0485 e. The lowest BCUT2D eigenvalue weighted by atomic mass is 9.88. The molecule has 1 nitrogen and oxygen atoms in total. The number of allylic oxidation sites excluding steroid dienone is 3. The lowest BCUT2D eigenvalue weighted by Gasteiger charge is -2.20. The molecule has 22 heavy (non-hydrogen) atoms. The van der Waals surface area contributed by atoms with Crippen LogP contribution in [0.1, 0.15) is 36.4 Å². The number of nitrogens with zero attached hydrogens (tertiary/aromatic N) is 1. The van der Waals surface area contributed by atoms with Crippen molar-refractivity contribution < 1.29 is 0 Å². The van der Waals surface area contributed by atoms with Crippen LogP contribution in [-0.2, 0) is 13.0 Å². The smallest absolute Gasteiger partial charge is 0.0485 e. The molecule has 0 N–H and O–H groups in total. The number of hydrogen-bond acceptors (Lipinski definition) is 0. The van der Waals surface area contributed by atoms with Gasteiger partial charge in [-0.1, -0.05) is 36.4 Å². The molecule has 2 heterocycles. The summed E-state index contributed by atoms with van der Waals surface area (Å²) in [7, 11) is 0. The maximum atomic E-state index is 4.13. The van der Waals surface area contributed by atoms with Crippen molar-refractivity contribution in [3.8, 4) is 0 Å². The van der Waals surface area contributed by atoms with Gasteiger partial charge in [0, 0.05) is 29.1 Å². The molecule has 0 bridgehead atoms. The van der Waals surface area contributed by atoms with E-state index in [1.54, 1.807) is 11.3 Å². The summed E-state index contributed by atoms with van der Waals surface area (Å²) < 4.78 is 2.67. The van der Waals surface area contributed by atoms with Crippen LogP contribution in [-0.4, -0.2) is 4.57 Å². The largest absolute Gasteiger partial charge is 0.344 e. The third-order valence-corrected chi connectivity index (χ3v) is 6.33. The Hall–Kier alpha value is -1.76. The van der Waals surface area contributed by atoms with E-state index in [2.05, 4.69) is 53.6 Å². The molecule has 3 aliphatic rings. The van der Waals surface area contributed by atoms with Gasteiger partial charge in [0.1, 0.15) is 0 Å². The minimum absolute atomic E-state index is 0.693. The van der Waals surface area contributed by atoms with Crippen molar-refractivity contribution in [2.75, 3.05) is 0 Å². The Kier molecular flexibility index (Phi) is 2.68. The van der Waals surface area contributed by atoms with Crippen LogP contribution in [0.2, 0.25) is 0 Å². The average Bonchev–Trinajstić information content (AvgIpc) is 3.17. The number of aromatic nitrogens is 1. The van der Waals surface area contributed by atoms with Crippen molar-refractivity contribution in [3.63, 3.8) is 0 Å². The lowest BCUT2D eigenvalue weighted by Crippen LogP contribution is -2.13. The zero-order valence-electron chi connectivity index (χ0n) is 13.0. The molecule has 0 unspecified atom stereocenters. The Morgan fingerprint density at radius 1 is 1.23 bits per heavy atom. The topological polar surface area (TPSA) is 4.93 Å². The molecule has 1 aromatic carbocycles. The zero-order valence-corrected chi connectivity index (χ0v) is 13.0. The van der Waals surface area contributed by atoms with Crippen molar-refractivity contribution in [3.05, 3.63) is 60.3 Å². The fourth-order valence-corrected chi connectivity index (χ4v) is 5.48. The zero-order chi connectivity index (χ0) is 14.7. The summed E-state index contributed by atoms with van der Waals surface area (Å²) in [4.78, 5) is 0.